The lowest BCUT2D eigenvalue weighted by Crippen LogP contribution is -2.32. The molecule has 1 aliphatic rings. The summed E-state index contributed by atoms with van der Waals surface area (Å²) in [7, 11) is 0. The van der Waals surface area contributed by atoms with Crippen molar-refractivity contribution in [2.75, 3.05) is 26.2 Å². The molecular formula is C20H26N2O. The first-order valence-corrected chi connectivity index (χ1v) is 8.64. The van der Waals surface area contributed by atoms with E-state index in [1.807, 2.05) is 36.4 Å². The Morgan fingerprint density at radius 2 is 1.83 bits per heavy atom. The lowest BCUT2D eigenvalue weighted by atomic mass is 10.0. The van der Waals surface area contributed by atoms with Gasteiger partial charge in [0.1, 0.15) is 11.5 Å². The van der Waals surface area contributed by atoms with E-state index in [-0.39, 0.29) is 0 Å². The van der Waals surface area contributed by atoms with Crippen LogP contribution in [0.25, 0.3) is 0 Å². The zero-order valence-electron chi connectivity index (χ0n) is 13.9. The summed E-state index contributed by atoms with van der Waals surface area (Å²) in [6, 6.07) is 19.0. The molecule has 1 fully saturated rings. The molecule has 0 aromatic heterocycles. The van der Waals surface area contributed by atoms with E-state index in [9.17, 15) is 0 Å². The number of hydrogen-bond donors (Lipinski definition) is 1. The number of ether oxygens (including phenoxy) is 1. The second-order valence-electron chi connectivity index (χ2n) is 6.05. The molecular weight excluding hydrogens is 284 g/mol. The second kappa shape index (κ2) is 8.14. The van der Waals surface area contributed by atoms with Crippen molar-refractivity contribution in [1.29, 1.82) is 0 Å². The number of nitrogens with zero attached hydrogens (tertiary/aromatic N) is 1. The van der Waals surface area contributed by atoms with E-state index in [1.54, 1.807) is 0 Å². The van der Waals surface area contributed by atoms with Crippen LogP contribution in [0.15, 0.2) is 54.6 Å². The quantitative estimate of drug-likeness (QED) is 0.894. The van der Waals surface area contributed by atoms with Crippen LogP contribution in [0, 0.1) is 0 Å². The predicted octanol–water partition coefficient (Wildman–Crippen LogP) is 4.23. The molecule has 1 N–H and O–H groups in total. The highest BCUT2D eigenvalue weighted by Crippen LogP contribution is 2.29. The Labute approximate surface area is 139 Å². The maximum atomic E-state index is 5.99. The summed E-state index contributed by atoms with van der Waals surface area (Å²) in [5.41, 5.74) is 1.35. The number of para-hydroxylation sites is 1. The highest BCUT2D eigenvalue weighted by molar-refractivity contribution is 5.35. The summed E-state index contributed by atoms with van der Waals surface area (Å²) in [5.74, 6) is 1.80. The van der Waals surface area contributed by atoms with Crippen LogP contribution in [0.5, 0.6) is 11.5 Å². The SMILES string of the molecule is CCC(c1cccc(Oc2ccccc2)c1)N1CCCNCC1. The van der Waals surface area contributed by atoms with Gasteiger partial charge in [0.25, 0.3) is 0 Å². The maximum absolute atomic E-state index is 5.99. The lowest BCUT2D eigenvalue weighted by molar-refractivity contribution is 0.205. The summed E-state index contributed by atoms with van der Waals surface area (Å²) in [6.45, 7) is 6.76. The third kappa shape index (κ3) is 4.34. The summed E-state index contributed by atoms with van der Waals surface area (Å²) in [4.78, 5) is 2.60. The molecule has 2 aromatic carbocycles. The van der Waals surface area contributed by atoms with E-state index >= 15 is 0 Å². The maximum Gasteiger partial charge on any atom is 0.127 e. The molecule has 1 saturated heterocycles. The first-order chi connectivity index (χ1) is 11.4. The fourth-order valence-corrected chi connectivity index (χ4v) is 3.29. The Balaban J connectivity index is 1.76. The van der Waals surface area contributed by atoms with E-state index < -0.39 is 0 Å². The molecule has 0 bridgehead atoms. The third-order valence-corrected chi connectivity index (χ3v) is 4.42. The molecule has 0 aliphatic carbocycles. The van der Waals surface area contributed by atoms with Gasteiger partial charge in [-0.3, -0.25) is 4.90 Å². The fourth-order valence-electron chi connectivity index (χ4n) is 3.29. The Morgan fingerprint density at radius 3 is 2.65 bits per heavy atom. The van der Waals surface area contributed by atoms with Gasteiger partial charge in [-0.05, 0) is 49.2 Å². The molecule has 1 heterocycles. The van der Waals surface area contributed by atoms with Gasteiger partial charge in [0.15, 0.2) is 0 Å². The monoisotopic (exact) mass is 310 g/mol. The molecule has 3 rings (SSSR count). The number of nitrogens with one attached hydrogen (secondary N) is 1. The van der Waals surface area contributed by atoms with Gasteiger partial charge in [-0.15, -0.1) is 0 Å². The standard InChI is InChI=1S/C20H26N2O/c1-2-20(22-14-7-12-21-13-15-22)17-8-6-11-19(16-17)23-18-9-4-3-5-10-18/h3-6,8-11,16,20-21H,2,7,12-15H2,1H3. The zero-order chi connectivity index (χ0) is 15.9. The highest BCUT2D eigenvalue weighted by Gasteiger charge is 2.20. The van der Waals surface area contributed by atoms with Crippen molar-refractivity contribution >= 4 is 0 Å². The Kier molecular flexibility index (Phi) is 5.67. The Morgan fingerprint density at radius 1 is 1.00 bits per heavy atom. The number of hydrogen-bond acceptors (Lipinski definition) is 3. The van der Waals surface area contributed by atoms with Crippen LogP contribution in [0.3, 0.4) is 0 Å². The molecule has 0 radical (unpaired) electrons. The van der Waals surface area contributed by atoms with Gasteiger partial charge in [-0.1, -0.05) is 37.3 Å². The van der Waals surface area contributed by atoms with Crippen molar-refractivity contribution in [3.05, 3.63) is 60.2 Å². The van der Waals surface area contributed by atoms with Crippen LogP contribution in [0.4, 0.5) is 0 Å². The normalized spacial score (nSPS) is 17.4. The molecule has 3 heteroatoms. The van der Waals surface area contributed by atoms with Crippen LogP contribution >= 0.6 is 0 Å². The molecule has 122 valence electrons. The van der Waals surface area contributed by atoms with Gasteiger partial charge in [0.05, 0.1) is 0 Å². The number of rotatable bonds is 5. The van der Waals surface area contributed by atoms with Crippen molar-refractivity contribution in [1.82, 2.24) is 10.2 Å². The summed E-state index contributed by atoms with van der Waals surface area (Å²) >= 11 is 0. The van der Waals surface area contributed by atoms with Gasteiger partial charge < -0.3 is 10.1 Å². The fraction of sp³-hybridized carbons (Fsp3) is 0.400. The van der Waals surface area contributed by atoms with Crippen molar-refractivity contribution in [3.63, 3.8) is 0 Å². The first kappa shape index (κ1) is 16.0. The third-order valence-electron chi connectivity index (χ3n) is 4.42. The largest absolute Gasteiger partial charge is 0.457 e. The van der Waals surface area contributed by atoms with Crippen molar-refractivity contribution in [2.24, 2.45) is 0 Å². The lowest BCUT2D eigenvalue weighted by Gasteiger charge is -2.30. The summed E-state index contributed by atoms with van der Waals surface area (Å²) in [6.07, 6.45) is 2.34. The highest BCUT2D eigenvalue weighted by atomic mass is 16.5. The zero-order valence-corrected chi connectivity index (χ0v) is 13.9. The average Bonchev–Trinajstić information content (AvgIpc) is 2.86. The molecule has 2 aromatic rings. The molecule has 0 spiro atoms. The van der Waals surface area contributed by atoms with Gasteiger partial charge in [-0.25, -0.2) is 0 Å². The topological polar surface area (TPSA) is 24.5 Å². The van der Waals surface area contributed by atoms with E-state index in [2.05, 4.69) is 35.3 Å². The summed E-state index contributed by atoms with van der Waals surface area (Å²) in [5, 5.41) is 3.49. The van der Waals surface area contributed by atoms with Crippen LogP contribution in [-0.2, 0) is 0 Å². The molecule has 1 atom stereocenters. The Bertz CT molecular complexity index is 592. The molecule has 3 nitrogen and oxygen atoms in total. The van der Waals surface area contributed by atoms with E-state index in [4.69, 9.17) is 4.74 Å². The van der Waals surface area contributed by atoms with Crippen molar-refractivity contribution < 1.29 is 4.74 Å². The predicted molar refractivity (Wildman–Crippen MR) is 95.0 cm³/mol. The Hall–Kier alpha value is -1.84. The minimum Gasteiger partial charge on any atom is -0.457 e. The minimum absolute atomic E-state index is 0.467. The second-order valence-corrected chi connectivity index (χ2v) is 6.05. The van der Waals surface area contributed by atoms with Gasteiger partial charge in [0.2, 0.25) is 0 Å². The molecule has 0 saturated carbocycles. The first-order valence-electron chi connectivity index (χ1n) is 8.64. The van der Waals surface area contributed by atoms with Gasteiger partial charge in [0, 0.05) is 25.7 Å². The minimum atomic E-state index is 0.467. The van der Waals surface area contributed by atoms with E-state index in [0.717, 1.165) is 44.1 Å². The van der Waals surface area contributed by atoms with Crippen molar-refractivity contribution in [2.45, 2.75) is 25.8 Å². The van der Waals surface area contributed by atoms with Crippen molar-refractivity contribution in [3.8, 4) is 11.5 Å². The molecule has 1 aliphatic heterocycles. The molecule has 23 heavy (non-hydrogen) atoms. The summed E-state index contributed by atoms with van der Waals surface area (Å²) < 4.78 is 5.99. The molecule has 1 unspecified atom stereocenters. The van der Waals surface area contributed by atoms with Crippen LogP contribution in [0.1, 0.15) is 31.4 Å². The number of benzene rings is 2. The van der Waals surface area contributed by atoms with Gasteiger partial charge in [-0.2, -0.15) is 0 Å². The van der Waals surface area contributed by atoms with Crippen LogP contribution in [-0.4, -0.2) is 31.1 Å². The van der Waals surface area contributed by atoms with Crippen LogP contribution < -0.4 is 10.1 Å². The molecule has 0 amide bonds. The average molecular weight is 310 g/mol. The van der Waals surface area contributed by atoms with Gasteiger partial charge >= 0.3 is 0 Å². The smallest absolute Gasteiger partial charge is 0.127 e. The van der Waals surface area contributed by atoms with E-state index in [1.165, 1.54) is 12.0 Å². The van der Waals surface area contributed by atoms with Crippen LogP contribution in [0.2, 0.25) is 0 Å². The van der Waals surface area contributed by atoms with E-state index in [0.29, 0.717) is 6.04 Å².